The summed E-state index contributed by atoms with van der Waals surface area (Å²) in [6.07, 6.45) is 1.96. The van der Waals surface area contributed by atoms with Crippen molar-refractivity contribution in [2.45, 2.75) is 17.9 Å². The van der Waals surface area contributed by atoms with Crippen LogP contribution in [0.5, 0.6) is 5.75 Å². The number of aromatic hydroxyl groups is 1. The first-order valence-electron chi connectivity index (χ1n) is 9.83. The fourth-order valence-electron chi connectivity index (χ4n) is 2.79. The van der Waals surface area contributed by atoms with Gasteiger partial charge in [0.2, 0.25) is 10.0 Å². The Labute approximate surface area is 185 Å². The maximum atomic E-state index is 12.3. The molecule has 0 saturated carbocycles. The molecule has 2 aromatic carbocycles. The molecular weight excluding hydrogens is 434 g/mol. The molecular formula is C22H23N3O6S. The van der Waals surface area contributed by atoms with Crippen molar-refractivity contribution < 1.29 is 27.5 Å². The Hall–Kier alpha value is -3.63. The first-order chi connectivity index (χ1) is 15.3. The molecule has 9 nitrogen and oxygen atoms in total. The van der Waals surface area contributed by atoms with Gasteiger partial charge in [0.1, 0.15) is 11.5 Å². The quantitative estimate of drug-likeness (QED) is 0.344. The van der Waals surface area contributed by atoms with E-state index >= 15 is 0 Å². The highest BCUT2D eigenvalue weighted by Crippen LogP contribution is 2.12. The van der Waals surface area contributed by atoms with E-state index in [-0.39, 0.29) is 29.0 Å². The topological polar surface area (TPSA) is 138 Å². The number of carbonyl (C=O) groups is 2. The van der Waals surface area contributed by atoms with Gasteiger partial charge in [-0.1, -0.05) is 6.07 Å². The number of phenolic OH excluding ortho intramolecular Hbond substituents is 1. The summed E-state index contributed by atoms with van der Waals surface area (Å²) in [5.41, 5.74) is 0.668. The average Bonchev–Trinajstić information content (AvgIpc) is 3.31. The van der Waals surface area contributed by atoms with Gasteiger partial charge in [0, 0.05) is 24.2 Å². The van der Waals surface area contributed by atoms with Crippen molar-refractivity contribution in [3.8, 4) is 5.75 Å². The normalized spacial score (nSPS) is 11.1. The van der Waals surface area contributed by atoms with Gasteiger partial charge < -0.3 is 20.2 Å². The number of phenols is 1. The van der Waals surface area contributed by atoms with Crippen LogP contribution in [0.3, 0.4) is 0 Å². The van der Waals surface area contributed by atoms with Gasteiger partial charge in [-0.05, 0) is 61.0 Å². The lowest BCUT2D eigenvalue weighted by molar-refractivity contribution is 0.0951. The van der Waals surface area contributed by atoms with Crippen LogP contribution < -0.4 is 15.4 Å². The Kier molecular flexibility index (Phi) is 7.63. The molecule has 0 spiro atoms. The van der Waals surface area contributed by atoms with Gasteiger partial charge in [-0.3, -0.25) is 9.59 Å². The number of hydrogen-bond acceptors (Lipinski definition) is 6. The van der Waals surface area contributed by atoms with E-state index in [9.17, 15) is 23.1 Å². The minimum atomic E-state index is -3.73. The van der Waals surface area contributed by atoms with E-state index in [0.717, 1.165) is 0 Å². The van der Waals surface area contributed by atoms with Crippen LogP contribution in [0.4, 0.5) is 0 Å². The second kappa shape index (κ2) is 10.6. The zero-order chi connectivity index (χ0) is 23.0. The van der Waals surface area contributed by atoms with Gasteiger partial charge in [0.25, 0.3) is 11.8 Å². The predicted octanol–water partition coefficient (Wildman–Crippen LogP) is 2.01. The van der Waals surface area contributed by atoms with Crippen LogP contribution in [-0.2, 0) is 16.6 Å². The molecule has 3 aromatic rings. The van der Waals surface area contributed by atoms with E-state index in [4.69, 9.17) is 4.42 Å². The van der Waals surface area contributed by atoms with Gasteiger partial charge in [0.15, 0.2) is 0 Å². The summed E-state index contributed by atoms with van der Waals surface area (Å²) in [4.78, 5) is 24.2. The number of carbonyl (C=O) groups excluding carboxylic acids is 2. The second-order valence-electron chi connectivity index (χ2n) is 6.84. The Morgan fingerprint density at radius 3 is 2.19 bits per heavy atom. The van der Waals surface area contributed by atoms with Gasteiger partial charge >= 0.3 is 0 Å². The molecule has 10 heteroatoms. The van der Waals surface area contributed by atoms with Gasteiger partial charge in [-0.15, -0.1) is 0 Å². The Morgan fingerprint density at radius 1 is 0.875 bits per heavy atom. The third kappa shape index (κ3) is 6.43. The largest absolute Gasteiger partial charge is 0.508 e. The zero-order valence-electron chi connectivity index (χ0n) is 17.1. The molecule has 0 saturated heterocycles. The number of furan rings is 1. The minimum Gasteiger partial charge on any atom is -0.508 e. The van der Waals surface area contributed by atoms with E-state index in [1.807, 2.05) is 0 Å². The molecule has 0 radical (unpaired) electrons. The van der Waals surface area contributed by atoms with Crippen molar-refractivity contribution >= 4 is 21.8 Å². The molecule has 0 bridgehead atoms. The van der Waals surface area contributed by atoms with Crippen molar-refractivity contribution in [2.75, 3.05) is 13.1 Å². The highest BCUT2D eigenvalue weighted by molar-refractivity contribution is 7.89. The van der Waals surface area contributed by atoms with Crippen LogP contribution in [0, 0.1) is 0 Å². The van der Waals surface area contributed by atoms with E-state index in [1.165, 1.54) is 42.7 Å². The monoisotopic (exact) mass is 457 g/mol. The number of hydrogen-bond donors (Lipinski definition) is 4. The molecule has 0 aliphatic heterocycles. The van der Waals surface area contributed by atoms with Crippen LogP contribution in [-0.4, -0.2) is 38.4 Å². The number of sulfonamides is 1. The molecule has 0 aliphatic carbocycles. The zero-order valence-corrected chi connectivity index (χ0v) is 17.9. The Bertz CT molecular complexity index is 1160. The third-order valence-corrected chi connectivity index (χ3v) is 5.89. The molecule has 0 aliphatic rings. The molecule has 168 valence electrons. The van der Waals surface area contributed by atoms with E-state index in [2.05, 4.69) is 15.4 Å². The number of amides is 2. The second-order valence-corrected chi connectivity index (χ2v) is 8.61. The Balaban J connectivity index is 1.42. The molecule has 32 heavy (non-hydrogen) atoms. The van der Waals surface area contributed by atoms with E-state index in [0.29, 0.717) is 36.4 Å². The highest BCUT2D eigenvalue weighted by atomic mass is 32.2. The lowest BCUT2D eigenvalue weighted by Gasteiger charge is -2.08. The summed E-state index contributed by atoms with van der Waals surface area (Å²) >= 11 is 0. The van der Waals surface area contributed by atoms with Gasteiger partial charge in [-0.2, -0.15) is 0 Å². The van der Waals surface area contributed by atoms with E-state index in [1.54, 1.807) is 24.3 Å². The predicted molar refractivity (Wildman–Crippen MR) is 117 cm³/mol. The van der Waals surface area contributed by atoms with Crippen molar-refractivity contribution in [3.05, 3.63) is 83.8 Å². The maximum Gasteiger partial charge on any atom is 0.251 e. The summed E-state index contributed by atoms with van der Waals surface area (Å²) in [7, 11) is -3.73. The molecule has 2 amide bonds. The number of benzene rings is 2. The summed E-state index contributed by atoms with van der Waals surface area (Å²) in [6.45, 7) is 0.691. The summed E-state index contributed by atoms with van der Waals surface area (Å²) in [5, 5.41) is 14.8. The fraction of sp³-hybridized carbons (Fsp3) is 0.182. The molecule has 0 unspecified atom stereocenters. The Morgan fingerprint density at radius 2 is 1.56 bits per heavy atom. The first kappa shape index (κ1) is 23.0. The van der Waals surface area contributed by atoms with Crippen LogP contribution in [0.1, 0.15) is 32.9 Å². The van der Waals surface area contributed by atoms with Crippen molar-refractivity contribution in [1.29, 1.82) is 0 Å². The highest BCUT2D eigenvalue weighted by Gasteiger charge is 2.15. The summed E-state index contributed by atoms with van der Waals surface area (Å²) in [6, 6.07) is 14.9. The van der Waals surface area contributed by atoms with Crippen molar-refractivity contribution in [1.82, 2.24) is 15.4 Å². The molecule has 0 atom stereocenters. The standard InChI is InChI=1S/C22H23N3O6S/c26-18-5-1-4-17(14-18)22(28)24-12-3-11-23-21(27)16-7-9-20(10-8-16)32(29,30)25-15-19-6-2-13-31-19/h1-2,4-10,13-14,25-26H,3,11-12,15H2,(H,23,27)(H,24,28). The van der Waals surface area contributed by atoms with Gasteiger partial charge in [0.05, 0.1) is 17.7 Å². The molecule has 0 fully saturated rings. The van der Waals surface area contributed by atoms with Crippen LogP contribution in [0.2, 0.25) is 0 Å². The van der Waals surface area contributed by atoms with Crippen molar-refractivity contribution in [3.63, 3.8) is 0 Å². The van der Waals surface area contributed by atoms with Crippen LogP contribution in [0.15, 0.2) is 76.2 Å². The molecule has 1 heterocycles. The molecule has 3 rings (SSSR count). The first-order valence-corrected chi connectivity index (χ1v) is 11.3. The van der Waals surface area contributed by atoms with Crippen LogP contribution in [0.25, 0.3) is 0 Å². The fourth-order valence-corrected chi connectivity index (χ4v) is 3.78. The lowest BCUT2D eigenvalue weighted by atomic mass is 10.2. The SMILES string of the molecule is O=C(NCCCNC(=O)c1cccc(O)c1)c1ccc(S(=O)(=O)NCc2ccco2)cc1. The number of nitrogens with one attached hydrogen (secondary N) is 3. The smallest absolute Gasteiger partial charge is 0.251 e. The summed E-state index contributed by atoms with van der Waals surface area (Å²) < 4.78 is 32.2. The molecule has 1 aromatic heterocycles. The van der Waals surface area contributed by atoms with Gasteiger partial charge in [-0.25, -0.2) is 13.1 Å². The van der Waals surface area contributed by atoms with Crippen LogP contribution >= 0.6 is 0 Å². The van der Waals surface area contributed by atoms with Crippen molar-refractivity contribution in [2.24, 2.45) is 0 Å². The van der Waals surface area contributed by atoms with E-state index < -0.39 is 10.0 Å². The lowest BCUT2D eigenvalue weighted by Crippen LogP contribution is -2.30. The molecule has 4 N–H and O–H groups in total. The minimum absolute atomic E-state index is 0.0111. The average molecular weight is 458 g/mol. The number of rotatable bonds is 10. The third-order valence-electron chi connectivity index (χ3n) is 4.48. The maximum absolute atomic E-state index is 12.3. The summed E-state index contributed by atoms with van der Waals surface area (Å²) in [5.74, 6) is -0.166.